The van der Waals surface area contributed by atoms with Gasteiger partial charge in [0.25, 0.3) is 0 Å². The molecular weight excluding hydrogens is 262 g/mol. The molecule has 0 fully saturated rings. The summed E-state index contributed by atoms with van der Waals surface area (Å²) in [4.78, 5) is 26.8. The first-order chi connectivity index (χ1) is 8.02. The number of urea groups is 1. The zero-order valence-corrected chi connectivity index (χ0v) is 11.2. The highest BCUT2D eigenvalue weighted by atomic mass is 35.5. The number of alkyl halides is 1. The van der Waals surface area contributed by atoms with Gasteiger partial charge in [0.1, 0.15) is 5.01 Å². The highest BCUT2D eigenvalue weighted by Gasteiger charge is 2.14. The molecule has 1 atom stereocenters. The van der Waals surface area contributed by atoms with Gasteiger partial charge >= 0.3 is 6.03 Å². The molecule has 2 N–H and O–H groups in total. The van der Waals surface area contributed by atoms with Gasteiger partial charge in [0.05, 0.1) is 6.04 Å². The molecule has 1 heterocycles. The number of aromatic nitrogens is 1. The monoisotopic (exact) mass is 275 g/mol. The second-order valence-electron chi connectivity index (χ2n) is 3.51. The fourth-order valence-electron chi connectivity index (χ4n) is 1.14. The summed E-state index contributed by atoms with van der Waals surface area (Å²) in [5, 5.41) is 7.54. The van der Waals surface area contributed by atoms with Gasteiger partial charge in [0.2, 0.25) is 5.91 Å². The van der Waals surface area contributed by atoms with E-state index >= 15 is 0 Å². The third-order valence-electron chi connectivity index (χ3n) is 1.93. The van der Waals surface area contributed by atoms with Crippen molar-refractivity contribution >= 4 is 34.9 Å². The molecule has 0 saturated heterocycles. The zero-order valence-electron chi connectivity index (χ0n) is 9.62. The number of thiazole rings is 1. The molecule has 5 nitrogen and oxygen atoms in total. The van der Waals surface area contributed by atoms with E-state index < -0.39 is 6.03 Å². The summed E-state index contributed by atoms with van der Waals surface area (Å²) in [6, 6.07) is -0.752. The first-order valence-corrected chi connectivity index (χ1v) is 6.52. The summed E-state index contributed by atoms with van der Waals surface area (Å²) in [6.45, 7) is 3.70. The Hall–Kier alpha value is -1.14. The predicted molar refractivity (Wildman–Crippen MR) is 67.3 cm³/mol. The fourth-order valence-corrected chi connectivity index (χ4v) is 2.12. The minimum Gasteiger partial charge on any atom is -0.329 e. The lowest BCUT2D eigenvalue weighted by atomic mass is 10.3. The van der Waals surface area contributed by atoms with Crippen LogP contribution in [-0.2, 0) is 4.79 Å². The second-order valence-corrected chi connectivity index (χ2v) is 4.78. The van der Waals surface area contributed by atoms with Crippen molar-refractivity contribution in [1.29, 1.82) is 0 Å². The van der Waals surface area contributed by atoms with Crippen LogP contribution < -0.4 is 10.6 Å². The van der Waals surface area contributed by atoms with Crippen LogP contribution in [-0.4, -0.2) is 22.8 Å². The Kier molecular flexibility index (Phi) is 5.37. The van der Waals surface area contributed by atoms with E-state index in [-0.39, 0.29) is 24.2 Å². The third-order valence-corrected chi connectivity index (χ3v) is 3.26. The van der Waals surface area contributed by atoms with Gasteiger partial charge in [0.15, 0.2) is 0 Å². The zero-order chi connectivity index (χ0) is 12.8. The molecule has 0 aromatic carbocycles. The quantitative estimate of drug-likeness (QED) is 0.825. The van der Waals surface area contributed by atoms with E-state index in [0.29, 0.717) is 0 Å². The van der Waals surface area contributed by atoms with Crippen LogP contribution in [0.4, 0.5) is 4.79 Å². The summed E-state index contributed by atoms with van der Waals surface area (Å²) in [5.41, 5.74) is 0.914. The molecule has 0 radical (unpaired) electrons. The van der Waals surface area contributed by atoms with Crippen LogP contribution >= 0.6 is 22.9 Å². The number of halogens is 1. The van der Waals surface area contributed by atoms with Crippen molar-refractivity contribution < 1.29 is 9.59 Å². The maximum atomic E-state index is 11.4. The number of carbonyl (C=O) groups excluding carboxylic acids is 2. The number of rotatable bonds is 4. The summed E-state index contributed by atoms with van der Waals surface area (Å²) < 4.78 is 0. The Bertz CT molecular complexity index is 408. The molecule has 1 unspecified atom stereocenters. The van der Waals surface area contributed by atoms with Gasteiger partial charge < -0.3 is 5.32 Å². The van der Waals surface area contributed by atoms with Gasteiger partial charge in [-0.15, -0.1) is 22.9 Å². The number of nitrogens with one attached hydrogen (secondary N) is 2. The second kappa shape index (κ2) is 6.56. The average Bonchev–Trinajstić information content (AvgIpc) is 2.64. The number of hydrogen-bond donors (Lipinski definition) is 2. The summed E-state index contributed by atoms with van der Waals surface area (Å²) in [6.07, 6.45) is 0.125. The van der Waals surface area contributed by atoms with Gasteiger partial charge in [-0.25, -0.2) is 9.78 Å². The molecule has 3 amide bonds. The van der Waals surface area contributed by atoms with Crippen molar-refractivity contribution in [3.8, 4) is 0 Å². The minimum atomic E-state index is -0.527. The van der Waals surface area contributed by atoms with E-state index in [9.17, 15) is 9.59 Å². The highest BCUT2D eigenvalue weighted by Crippen LogP contribution is 2.16. The molecule has 94 valence electrons. The van der Waals surface area contributed by atoms with E-state index in [0.717, 1.165) is 10.7 Å². The van der Waals surface area contributed by atoms with E-state index in [1.54, 1.807) is 0 Å². The topological polar surface area (TPSA) is 71.1 Å². The molecule has 7 heteroatoms. The van der Waals surface area contributed by atoms with Crippen LogP contribution in [0.1, 0.15) is 30.1 Å². The van der Waals surface area contributed by atoms with Crippen molar-refractivity contribution in [3.63, 3.8) is 0 Å². The van der Waals surface area contributed by atoms with Gasteiger partial charge in [-0.3, -0.25) is 10.1 Å². The lowest BCUT2D eigenvalue weighted by Gasteiger charge is -2.11. The van der Waals surface area contributed by atoms with Crippen molar-refractivity contribution in [2.24, 2.45) is 0 Å². The van der Waals surface area contributed by atoms with Crippen LogP contribution in [0.25, 0.3) is 0 Å². The van der Waals surface area contributed by atoms with Crippen LogP contribution in [0.3, 0.4) is 0 Å². The number of carbonyl (C=O) groups is 2. The standard InChI is InChI=1S/C10H14ClN3O2S/c1-6-5-17-9(12-6)7(2)13-10(16)14-8(15)3-4-11/h5,7H,3-4H2,1-2H3,(H2,13,14,15,16). The van der Waals surface area contributed by atoms with E-state index in [2.05, 4.69) is 15.6 Å². The van der Waals surface area contributed by atoms with Crippen LogP contribution in [0, 0.1) is 6.92 Å². The van der Waals surface area contributed by atoms with Gasteiger partial charge in [-0.05, 0) is 13.8 Å². The average molecular weight is 276 g/mol. The van der Waals surface area contributed by atoms with Crippen molar-refractivity contribution in [1.82, 2.24) is 15.6 Å². The molecule has 1 aromatic rings. The van der Waals surface area contributed by atoms with Gasteiger partial charge in [0, 0.05) is 23.4 Å². The first kappa shape index (κ1) is 13.9. The molecule has 0 aliphatic heterocycles. The van der Waals surface area contributed by atoms with Crippen LogP contribution in [0.15, 0.2) is 5.38 Å². The third kappa shape index (κ3) is 4.70. The molecule has 17 heavy (non-hydrogen) atoms. The van der Waals surface area contributed by atoms with E-state index in [4.69, 9.17) is 11.6 Å². The fraction of sp³-hybridized carbons (Fsp3) is 0.500. The van der Waals surface area contributed by atoms with Crippen molar-refractivity contribution in [2.75, 3.05) is 5.88 Å². The maximum Gasteiger partial charge on any atom is 0.321 e. The molecule has 1 rings (SSSR count). The van der Waals surface area contributed by atoms with E-state index in [1.165, 1.54) is 11.3 Å². The lowest BCUT2D eigenvalue weighted by molar-refractivity contribution is -0.119. The molecular formula is C10H14ClN3O2S. The number of amides is 3. The normalized spacial score (nSPS) is 11.9. The molecule has 0 saturated carbocycles. The van der Waals surface area contributed by atoms with Crippen LogP contribution in [0.5, 0.6) is 0 Å². The summed E-state index contributed by atoms with van der Waals surface area (Å²) >= 11 is 6.85. The van der Waals surface area contributed by atoms with Crippen molar-refractivity contribution in [3.05, 3.63) is 16.1 Å². The van der Waals surface area contributed by atoms with Gasteiger partial charge in [-0.2, -0.15) is 0 Å². The number of aryl methyl sites for hydroxylation is 1. The van der Waals surface area contributed by atoms with Crippen molar-refractivity contribution in [2.45, 2.75) is 26.3 Å². The molecule has 0 spiro atoms. The van der Waals surface area contributed by atoms with E-state index in [1.807, 2.05) is 19.2 Å². The molecule has 1 aromatic heterocycles. The number of imide groups is 1. The lowest BCUT2D eigenvalue weighted by Crippen LogP contribution is -2.40. The highest BCUT2D eigenvalue weighted by molar-refractivity contribution is 7.09. The Morgan fingerprint density at radius 3 is 2.82 bits per heavy atom. The Morgan fingerprint density at radius 1 is 1.59 bits per heavy atom. The number of hydrogen-bond acceptors (Lipinski definition) is 4. The predicted octanol–water partition coefficient (Wildman–Crippen LogP) is 1.97. The SMILES string of the molecule is Cc1csc(C(C)NC(=O)NC(=O)CCCl)n1. The molecule has 0 bridgehead atoms. The Morgan fingerprint density at radius 2 is 2.29 bits per heavy atom. The smallest absolute Gasteiger partial charge is 0.321 e. The first-order valence-electron chi connectivity index (χ1n) is 5.11. The number of nitrogens with zero attached hydrogens (tertiary/aromatic N) is 1. The molecule has 0 aliphatic carbocycles. The maximum absolute atomic E-state index is 11.4. The largest absolute Gasteiger partial charge is 0.329 e. The summed E-state index contributed by atoms with van der Waals surface area (Å²) in [7, 11) is 0. The Labute approximate surface area is 109 Å². The Balaban J connectivity index is 2.43. The van der Waals surface area contributed by atoms with Crippen LogP contribution in [0.2, 0.25) is 0 Å². The van der Waals surface area contributed by atoms with Gasteiger partial charge in [-0.1, -0.05) is 0 Å². The summed E-state index contributed by atoms with van der Waals surface area (Å²) in [5.74, 6) is -0.194. The molecule has 0 aliphatic rings. The minimum absolute atomic E-state index is 0.125.